The Morgan fingerprint density at radius 2 is 1.61 bits per heavy atom. The summed E-state index contributed by atoms with van der Waals surface area (Å²) in [6.07, 6.45) is -4.21. The minimum absolute atomic E-state index is 0.214. The molecule has 0 aromatic heterocycles. The average molecular weight is 258 g/mol. The van der Waals surface area contributed by atoms with Gasteiger partial charge in [0.15, 0.2) is 0 Å². The zero-order valence-electron chi connectivity index (χ0n) is 9.85. The van der Waals surface area contributed by atoms with E-state index >= 15 is 0 Å². The molecule has 3 atom stereocenters. The number of aliphatic hydroxyl groups is 4. The first kappa shape index (κ1) is 15.0. The van der Waals surface area contributed by atoms with Crippen molar-refractivity contribution in [1.82, 2.24) is 0 Å². The Labute approximate surface area is 105 Å². The molecule has 1 aromatic carbocycles. The second-order valence-corrected chi connectivity index (χ2v) is 3.84. The minimum Gasteiger partial charge on any atom is -0.394 e. The first-order chi connectivity index (χ1) is 8.65. The molecule has 1 rings (SSSR count). The van der Waals surface area contributed by atoms with Gasteiger partial charge in [-0.1, -0.05) is 30.3 Å². The zero-order chi connectivity index (χ0) is 13.4. The summed E-state index contributed by atoms with van der Waals surface area (Å²) in [7, 11) is 0. The van der Waals surface area contributed by atoms with Crippen molar-refractivity contribution in [3.05, 3.63) is 35.9 Å². The van der Waals surface area contributed by atoms with Gasteiger partial charge in [-0.2, -0.15) is 0 Å². The molecule has 0 saturated heterocycles. The van der Waals surface area contributed by atoms with Crippen molar-refractivity contribution in [1.29, 1.82) is 0 Å². The quantitative estimate of drug-likeness (QED) is 0.277. The summed E-state index contributed by atoms with van der Waals surface area (Å²) in [6.45, 7) is -0.722. The lowest BCUT2D eigenvalue weighted by Gasteiger charge is -2.20. The van der Waals surface area contributed by atoms with Crippen LogP contribution in [0, 0.1) is 0 Å². The van der Waals surface area contributed by atoms with Gasteiger partial charge in [-0.3, -0.25) is 0 Å². The zero-order valence-corrected chi connectivity index (χ0v) is 9.85. The van der Waals surface area contributed by atoms with Gasteiger partial charge in [0, 0.05) is 0 Å². The molecule has 0 bridgehead atoms. The van der Waals surface area contributed by atoms with Crippen LogP contribution in [0.4, 0.5) is 0 Å². The van der Waals surface area contributed by atoms with Crippen molar-refractivity contribution in [2.45, 2.75) is 24.9 Å². The molecule has 0 amide bonds. The Bertz CT molecular complexity index is 318. The van der Waals surface area contributed by atoms with Gasteiger partial charge in [0.1, 0.15) is 31.5 Å². The Hall–Kier alpha value is -1.02. The Morgan fingerprint density at radius 1 is 0.944 bits per heavy atom. The van der Waals surface area contributed by atoms with Gasteiger partial charge in [-0.15, -0.1) is 0 Å². The SMILES string of the molecule is OC[C@H](O)[C@@H](O)[C@H](O)COOCc1ccccc1. The van der Waals surface area contributed by atoms with Crippen LogP contribution >= 0.6 is 0 Å². The number of hydrogen-bond acceptors (Lipinski definition) is 6. The molecule has 0 fully saturated rings. The molecule has 0 aliphatic heterocycles. The molecule has 6 heteroatoms. The third-order valence-corrected chi connectivity index (χ3v) is 2.37. The smallest absolute Gasteiger partial charge is 0.111 e. The van der Waals surface area contributed by atoms with Crippen LogP contribution in [-0.2, 0) is 16.4 Å². The summed E-state index contributed by atoms with van der Waals surface area (Å²) >= 11 is 0. The minimum atomic E-state index is -1.48. The maximum Gasteiger partial charge on any atom is 0.111 e. The average Bonchev–Trinajstić information content (AvgIpc) is 2.42. The largest absolute Gasteiger partial charge is 0.394 e. The Kier molecular flexibility index (Phi) is 6.81. The molecule has 6 nitrogen and oxygen atoms in total. The summed E-state index contributed by atoms with van der Waals surface area (Å²) in [5.41, 5.74) is 0.905. The third kappa shape index (κ3) is 5.09. The summed E-state index contributed by atoms with van der Waals surface area (Å²) in [6, 6.07) is 9.29. The molecule has 102 valence electrons. The first-order valence-corrected chi connectivity index (χ1v) is 5.58. The lowest BCUT2D eigenvalue weighted by Crippen LogP contribution is -2.41. The molecule has 0 heterocycles. The van der Waals surface area contributed by atoms with Gasteiger partial charge in [-0.25, -0.2) is 9.78 Å². The van der Waals surface area contributed by atoms with Crippen LogP contribution in [0.2, 0.25) is 0 Å². The van der Waals surface area contributed by atoms with Crippen LogP contribution in [0.25, 0.3) is 0 Å². The molecule has 1 aromatic rings. The summed E-state index contributed by atoms with van der Waals surface area (Å²) in [5.74, 6) is 0. The predicted molar refractivity (Wildman–Crippen MR) is 62.3 cm³/mol. The van der Waals surface area contributed by atoms with E-state index in [0.29, 0.717) is 0 Å². The van der Waals surface area contributed by atoms with E-state index in [2.05, 4.69) is 0 Å². The maximum atomic E-state index is 9.39. The summed E-state index contributed by atoms with van der Waals surface area (Å²) in [4.78, 5) is 9.55. The summed E-state index contributed by atoms with van der Waals surface area (Å²) in [5, 5.41) is 36.4. The van der Waals surface area contributed by atoms with Crippen LogP contribution in [0.5, 0.6) is 0 Å². The van der Waals surface area contributed by atoms with Crippen molar-refractivity contribution in [2.24, 2.45) is 0 Å². The van der Waals surface area contributed by atoms with Gasteiger partial charge < -0.3 is 20.4 Å². The van der Waals surface area contributed by atoms with Crippen molar-refractivity contribution >= 4 is 0 Å². The van der Waals surface area contributed by atoms with Crippen molar-refractivity contribution in [2.75, 3.05) is 13.2 Å². The highest BCUT2D eigenvalue weighted by atomic mass is 17.2. The Morgan fingerprint density at radius 3 is 2.22 bits per heavy atom. The van der Waals surface area contributed by atoms with Crippen LogP contribution in [-0.4, -0.2) is 52.0 Å². The maximum absolute atomic E-state index is 9.39. The van der Waals surface area contributed by atoms with E-state index in [-0.39, 0.29) is 13.2 Å². The highest BCUT2D eigenvalue weighted by Gasteiger charge is 2.24. The fourth-order valence-electron chi connectivity index (χ4n) is 1.26. The number of hydrogen-bond donors (Lipinski definition) is 4. The molecule has 4 N–H and O–H groups in total. The standard InChI is InChI=1S/C12H18O6/c13-6-10(14)12(16)11(15)8-18-17-7-9-4-2-1-3-5-9/h1-5,10-16H,6-8H2/t10-,11+,12+/m0/s1. The highest BCUT2D eigenvalue weighted by molar-refractivity contribution is 5.13. The highest BCUT2D eigenvalue weighted by Crippen LogP contribution is 2.03. The van der Waals surface area contributed by atoms with Crippen LogP contribution in [0.3, 0.4) is 0 Å². The fraction of sp³-hybridized carbons (Fsp3) is 0.500. The van der Waals surface area contributed by atoms with Crippen LogP contribution in [0.15, 0.2) is 30.3 Å². The van der Waals surface area contributed by atoms with E-state index in [4.69, 9.17) is 20.0 Å². The molecule has 0 radical (unpaired) electrons. The van der Waals surface area contributed by atoms with Gasteiger partial charge in [0.25, 0.3) is 0 Å². The third-order valence-electron chi connectivity index (χ3n) is 2.37. The molecular weight excluding hydrogens is 240 g/mol. The van der Waals surface area contributed by atoms with Crippen molar-refractivity contribution in [3.8, 4) is 0 Å². The van der Waals surface area contributed by atoms with Crippen LogP contribution in [0.1, 0.15) is 5.56 Å². The first-order valence-electron chi connectivity index (χ1n) is 5.58. The van der Waals surface area contributed by atoms with Gasteiger partial charge >= 0.3 is 0 Å². The molecule has 0 saturated carbocycles. The van der Waals surface area contributed by atoms with Gasteiger partial charge in [-0.05, 0) is 5.56 Å². The van der Waals surface area contributed by atoms with E-state index in [9.17, 15) is 10.2 Å². The van der Waals surface area contributed by atoms with Crippen molar-refractivity contribution < 1.29 is 30.2 Å². The van der Waals surface area contributed by atoms with E-state index < -0.39 is 24.9 Å². The van der Waals surface area contributed by atoms with E-state index in [1.165, 1.54) is 0 Å². The molecular formula is C12H18O6. The topological polar surface area (TPSA) is 99.4 Å². The lowest BCUT2D eigenvalue weighted by molar-refractivity contribution is -0.319. The summed E-state index contributed by atoms with van der Waals surface area (Å²) < 4.78 is 0. The Balaban J connectivity index is 2.18. The second-order valence-electron chi connectivity index (χ2n) is 3.84. The molecule has 0 aliphatic rings. The second kappa shape index (κ2) is 8.15. The fourth-order valence-corrected chi connectivity index (χ4v) is 1.26. The number of benzene rings is 1. The molecule has 18 heavy (non-hydrogen) atoms. The monoisotopic (exact) mass is 258 g/mol. The predicted octanol–water partition coefficient (Wildman–Crippen LogP) is -0.790. The van der Waals surface area contributed by atoms with Crippen molar-refractivity contribution in [3.63, 3.8) is 0 Å². The van der Waals surface area contributed by atoms with E-state index in [1.807, 2.05) is 30.3 Å². The molecule has 0 spiro atoms. The number of aliphatic hydroxyl groups excluding tert-OH is 4. The van der Waals surface area contributed by atoms with E-state index in [1.54, 1.807) is 0 Å². The van der Waals surface area contributed by atoms with Gasteiger partial charge in [0.2, 0.25) is 0 Å². The van der Waals surface area contributed by atoms with E-state index in [0.717, 1.165) is 5.56 Å². The molecule has 0 unspecified atom stereocenters. The molecule has 0 aliphatic carbocycles. The normalized spacial score (nSPS) is 16.2. The lowest BCUT2D eigenvalue weighted by atomic mass is 10.1. The number of rotatable bonds is 8. The van der Waals surface area contributed by atoms with Crippen LogP contribution < -0.4 is 0 Å². The van der Waals surface area contributed by atoms with Gasteiger partial charge in [0.05, 0.1) is 6.61 Å².